The molecule has 0 bridgehead atoms. The van der Waals surface area contributed by atoms with Crippen molar-refractivity contribution in [2.45, 2.75) is 64.5 Å². The van der Waals surface area contributed by atoms with Crippen LogP contribution in [-0.4, -0.2) is 37.6 Å². The third kappa shape index (κ3) is 4.42. The van der Waals surface area contributed by atoms with Gasteiger partial charge in [0.15, 0.2) is 0 Å². The van der Waals surface area contributed by atoms with Crippen molar-refractivity contribution in [3.05, 3.63) is 0 Å². The van der Waals surface area contributed by atoms with Gasteiger partial charge in [0.05, 0.1) is 0 Å². The van der Waals surface area contributed by atoms with Crippen LogP contribution in [0, 0.1) is 5.92 Å². The maximum absolute atomic E-state index is 3.78. The highest BCUT2D eigenvalue weighted by atomic mass is 15.1. The molecule has 1 saturated carbocycles. The van der Waals surface area contributed by atoms with Gasteiger partial charge in [0.25, 0.3) is 0 Å². The Labute approximate surface area is 102 Å². The third-order valence-corrected chi connectivity index (χ3v) is 4.20. The van der Waals surface area contributed by atoms with Crippen LogP contribution in [0.3, 0.4) is 0 Å². The lowest BCUT2D eigenvalue weighted by atomic mass is 9.84. The Bertz CT molecular complexity index is 180. The molecule has 3 unspecified atom stereocenters. The predicted molar refractivity (Wildman–Crippen MR) is 71.8 cm³/mol. The van der Waals surface area contributed by atoms with Crippen LogP contribution in [-0.2, 0) is 0 Å². The number of hydrogen-bond acceptors (Lipinski definition) is 2. The second kappa shape index (κ2) is 7.29. The second-order valence-corrected chi connectivity index (χ2v) is 5.57. The Morgan fingerprint density at radius 1 is 1.25 bits per heavy atom. The van der Waals surface area contributed by atoms with E-state index < -0.39 is 0 Å². The van der Waals surface area contributed by atoms with Gasteiger partial charge < -0.3 is 10.2 Å². The van der Waals surface area contributed by atoms with Gasteiger partial charge in [-0.15, -0.1) is 0 Å². The summed E-state index contributed by atoms with van der Waals surface area (Å²) >= 11 is 0. The predicted octanol–water partition coefficient (Wildman–Crippen LogP) is 2.89. The quantitative estimate of drug-likeness (QED) is 0.749. The van der Waals surface area contributed by atoms with Crippen molar-refractivity contribution in [1.29, 1.82) is 0 Å². The van der Waals surface area contributed by atoms with Crippen molar-refractivity contribution in [2.24, 2.45) is 5.92 Å². The molecule has 16 heavy (non-hydrogen) atoms. The molecule has 0 radical (unpaired) electrons. The first-order chi connectivity index (χ1) is 7.67. The molecule has 0 saturated heterocycles. The number of rotatable bonds is 6. The van der Waals surface area contributed by atoms with Gasteiger partial charge in [0.2, 0.25) is 0 Å². The molecule has 0 amide bonds. The zero-order valence-electron chi connectivity index (χ0n) is 11.6. The molecule has 1 rings (SSSR count). The van der Waals surface area contributed by atoms with Gasteiger partial charge >= 0.3 is 0 Å². The Hall–Kier alpha value is -0.0800. The molecular weight excluding hydrogens is 196 g/mol. The minimum absolute atomic E-state index is 0.696. The fourth-order valence-corrected chi connectivity index (χ4v) is 2.84. The summed E-state index contributed by atoms with van der Waals surface area (Å²) in [6, 6.07) is 1.48. The molecule has 2 nitrogen and oxygen atoms in total. The lowest BCUT2D eigenvalue weighted by Gasteiger charge is -2.32. The summed E-state index contributed by atoms with van der Waals surface area (Å²) < 4.78 is 0. The molecule has 2 heteroatoms. The summed E-state index contributed by atoms with van der Waals surface area (Å²) in [4.78, 5) is 2.34. The molecule has 96 valence electrons. The lowest BCUT2D eigenvalue weighted by Crippen LogP contribution is -2.43. The average Bonchev–Trinajstić information content (AvgIpc) is 2.29. The highest BCUT2D eigenvalue weighted by molar-refractivity contribution is 4.79. The van der Waals surface area contributed by atoms with Crippen LogP contribution in [0.25, 0.3) is 0 Å². The molecular formula is C14H30N2. The molecule has 0 aromatic heterocycles. The zero-order valence-corrected chi connectivity index (χ0v) is 11.6. The topological polar surface area (TPSA) is 15.3 Å². The minimum atomic E-state index is 0.696. The van der Waals surface area contributed by atoms with Crippen LogP contribution in [0.2, 0.25) is 0 Å². The van der Waals surface area contributed by atoms with Crippen molar-refractivity contribution < 1.29 is 0 Å². The van der Waals surface area contributed by atoms with Gasteiger partial charge in [-0.25, -0.2) is 0 Å². The molecule has 1 aliphatic carbocycles. The summed E-state index contributed by atoms with van der Waals surface area (Å²) in [5.74, 6) is 0.977. The Kier molecular flexibility index (Phi) is 6.37. The van der Waals surface area contributed by atoms with Crippen molar-refractivity contribution in [2.75, 3.05) is 20.6 Å². The van der Waals surface area contributed by atoms with Gasteiger partial charge in [-0.2, -0.15) is 0 Å². The number of hydrogen-bond donors (Lipinski definition) is 1. The molecule has 1 fully saturated rings. The van der Waals surface area contributed by atoms with Crippen LogP contribution < -0.4 is 5.32 Å². The maximum atomic E-state index is 3.78. The maximum Gasteiger partial charge on any atom is 0.0212 e. The van der Waals surface area contributed by atoms with Crippen molar-refractivity contribution in [1.82, 2.24) is 10.2 Å². The van der Waals surface area contributed by atoms with E-state index in [0.29, 0.717) is 6.04 Å². The van der Waals surface area contributed by atoms with Crippen LogP contribution in [0.5, 0.6) is 0 Å². The molecule has 3 atom stereocenters. The molecule has 1 aliphatic rings. The summed E-state index contributed by atoms with van der Waals surface area (Å²) in [5.41, 5.74) is 0. The molecule has 0 spiro atoms. The molecule has 1 N–H and O–H groups in total. The van der Waals surface area contributed by atoms with E-state index in [1.165, 1.54) is 38.5 Å². The molecule has 0 heterocycles. The van der Waals surface area contributed by atoms with E-state index >= 15 is 0 Å². The Morgan fingerprint density at radius 2 is 2.00 bits per heavy atom. The van der Waals surface area contributed by atoms with Crippen molar-refractivity contribution in [3.63, 3.8) is 0 Å². The van der Waals surface area contributed by atoms with E-state index in [0.717, 1.165) is 18.5 Å². The van der Waals surface area contributed by atoms with Crippen LogP contribution in [0.15, 0.2) is 0 Å². The summed E-state index contributed by atoms with van der Waals surface area (Å²) in [6.45, 7) is 5.77. The number of nitrogens with zero attached hydrogens (tertiary/aromatic N) is 1. The van der Waals surface area contributed by atoms with Crippen molar-refractivity contribution >= 4 is 0 Å². The molecule has 0 aliphatic heterocycles. The Balaban J connectivity index is 2.25. The highest BCUT2D eigenvalue weighted by Gasteiger charge is 2.21. The number of nitrogens with one attached hydrogen (secondary N) is 1. The smallest absolute Gasteiger partial charge is 0.0212 e. The van der Waals surface area contributed by atoms with Gasteiger partial charge in [0.1, 0.15) is 0 Å². The second-order valence-electron chi connectivity index (χ2n) is 5.57. The van der Waals surface area contributed by atoms with Crippen LogP contribution in [0.1, 0.15) is 52.4 Å². The fourth-order valence-electron chi connectivity index (χ4n) is 2.84. The molecule has 0 aromatic carbocycles. The lowest BCUT2D eigenvalue weighted by molar-refractivity contribution is 0.234. The first-order valence-corrected chi connectivity index (χ1v) is 7.07. The summed E-state index contributed by atoms with van der Waals surface area (Å²) in [6.07, 6.45) is 8.28. The normalized spacial score (nSPS) is 28.3. The minimum Gasteiger partial charge on any atom is -0.312 e. The van der Waals surface area contributed by atoms with E-state index in [-0.39, 0.29) is 0 Å². The van der Waals surface area contributed by atoms with E-state index in [4.69, 9.17) is 0 Å². The standard InChI is InChI=1S/C14H30N2/c1-5-12-8-7-9-13(10-12)15-11-14(6-2)16(3)4/h12-15H,5-11H2,1-4H3. The molecule has 0 aromatic rings. The first kappa shape index (κ1) is 14.0. The SMILES string of the molecule is CCC1CCCC(NCC(CC)N(C)C)C1. The van der Waals surface area contributed by atoms with Crippen LogP contribution >= 0.6 is 0 Å². The highest BCUT2D eigenvalue weighted by Crippen LogP contribution is 2.26. The monoisotopic (exact) mass is 226 g/mol. The van der Waals surface area contributed by atoms with E-state index in [2.05, 4.69) is 38.2 Å². The van der Waals surface area contributed by atoms with E-state index in [9.17, 15) is 0 Å². The summed E-state index contributed by atoms with van der Waals surface area (Å²) in [5, 5.41) is 3.78. The fraction of sp³-hybridized carbons (Fsp3) is 1.00. The zero-order chi connectivity index (χ0) is 12.0. The van der Waals surface area contributed by atoms with Gasteiger partial charge in [-0.3, -0.25) is 0 Å². The third-order valence-electron chi connectivity index (χ3n) is 4.20. The summed E-state index contributed by atoms with van der Waals surface area (Å²) in [7, 11) is 4.37. The largest absolute Gasteiger partial charge is 0.312 e. The van der Waals surface area contributed by atoms with E-state index in [1.807, 2.05) is 0 Å². The van der Waals surface area contributed by atoms with Crippen LogP contribution in [0.4, 0.5) is 0 Å². The van der Waals surface area contributed by atoms with E-state index in [1.54, 1.807) is 0 Å². The first-order valence-electron chi connectivity index (χ1n) is 7.07. The van der Waals surface area contributed by atoms with Gasteiger partial charge in [-0.05, 0) is 39.3 Å². The van der Waals surface area contributed by atoms with Crippen molar-refractivity contribution in [3.8, 4) is 0 Å². The van der Waals surface area contributed by atoms with Gasteiger partial charge in [0, 0.05) is 18.6 Å². The number of likely N-dealkylation sites (N-methyl/N-ethyl adjacent to an activating group) is 1. The Morgan fingerprint density at radius 3 is 2.56 bits per heavy atom. The average molecular weight is 226 g/mol. The van der Waals surface area contributed by atoms with Gasteiger partial charge in [-0.1, -0.05) is 33.1 Å².